The lowest BCUT2D eigenvalue weighted by Gasteiger charge is -2.40. The number of nitrogens with zero attached hydrogens (tertiary/aromatic N) is 2. The van der Waals surface area contributed by atoms with E-state index >= 15 is 0 Å². The summed E-state index contributed by atoms with van der Waals surface area (Å²) in [4.78, 5) is 6.82. The number of anilines is 2. The first-order valence-corrected chi connectivity index (χ1v) is 5.80. The van der Waals surface area contributed by atoms with Gasteiger partial charge in [-0.05, 0) is 31.4 Å². The topological polar surface area (TPSA) is 28.2 Å². The van der Waals surface area contributed by atoms with Gasteiger partial charge in [-0.25, -0.2) is 4.98 Å². The van der Waals surface area contributed by atoms with Crippen LogP contribution in [-0.2, 0) is 0 Å². The molecule has 2 aliphatic rings. The number of fused-ring (bicyclic) bond motifs is 4. The third kappa shape index (κ3) is 1.46. The Bertz CT molecular complexity index is 405. The molecule has 1 aromatic rings. The fourth-order valence-corrected chi connectivity index (χ4v) is 2.57. The molecule has 3 heterocycles. The van der Waals surface area contributed by atoms with E-state index in [-0.39, 0.29) is 0 Å². The highest BCUT2D eigenvalue weighted by Gasteiger charge is 2.28. The van der Waals surface area contributed by atoms with Gasteiger partial charge in [0.2, 0.25) is 0 Å². The van der Waals surface area contributed by atoms with Gasteiger partial charge in [-0.2, -0.15) is 0 Å². The van der Waals surface area contributed by atoms with Gasteiger partial charge in [0, 0.05) is 19.1 Å². The van der Waals surface area contributed by atoms with Crippen LogP contribution in [0.3, 0.4) is 0 Å². The van der Waals surface area contributed by atoms with Crippen LogP contribution in [0, 0.1) is 6.92 Å². The Morgan fingerprint density at radius 3 is 3.33 bits per heavy atom. The van der Waals surface area contributed by atoms with E-state index in [0.29, 0.717) is 11.2 Å². The molecule has 1 atom stereocenters. The lowest BCUT2D eigenvalue weighted by Crippen LogP contribution is -2.46. The number of rotatable bonds is 0. The molecule has 1 fully saturated rings. The van der Waals surface area contributed by atoms with Crippen molar-refractivity contribution in [1.82, 2.24) is 4.98 Å². The summed E-state index contributed by atoms with van der Waals surface area (Å²) in [6.07, 6.45) is 2.50. The van der Waals surface area contributed by atoms with Crippen molar-refractivity contribution in [1.29, 1.82) is 0 Å². The second-order valence-electron chi connectivity index (χ2n) is 4.39. The zero-order valence-electron chi connectivity index (χ0n) is 8.76. The fourth-order valence-electron chi connectivity index (χ4n) is 2.43. The third-order valence-electron chi connectivity index (χ3n) is 3.23. The number of halogens is 1. The SMILES string of the molecule is Cc1cc2c(nc1Cl)NC1CCCN2C1. The summed E-state index contributed by atoms with van der Waals surface area (Å²) >= 11 is 6.03. The summed E-state index contributed by atoms with van der Waals surface area (Å²) in [6, 6.07) is 2.69. The van der Waals surface area contributed by atoms with Gasteiger partial charge < -0.3 is 10.2 Å². The van der Waals surface area contributed by atoms with Crippen LogP contribution in [-0.4, -0.2) is 24.1 Å². The molecule has 0 spiro atoms. The maximum absolute atomic E-state index is 6.03. The summed E-state index contributed by atoms with van der Waals surface area (Å²) in [5.41, 5.74) is 2.27. The van der Waals surface area contributed by atoms with Gasteiger partial charge in [-0.3, -0.25) is 0 Å². The van der Waals surface area contributed by atoms with Crippen molar-refractivity contribution in [2.45, 2.75) is 25.8 Å². The van der Waals surface area contributed by atoms with Crippen molar-refractivity contribution >= 4 is 23.1 Å². The number of nitrogens with one attached hydrogen (secondary N) is 1. The number of piperidine rings is 1. The summed E-state index contributed by atoms with van der Waals surface area (Å²) < 4.78 is 0. The number of aromatic nitrogens is 1. The number of pyridine rings is 1. The molecule has 1 aromatic heterocycles. The normalized spacial score (nSPS) is 23.3. The van der Waals surface area contributed by atoms with Gasteiger partial charge in [-0.1, -0.05) is 11.6 Å². The summed E-state index contributed by atoms with van der Waals surface area (Å²) in [6.45, 7) is 4.26. The van der Waals surface area contributed by atoms with Gasteiger partial charge >= 0.3 is 0 Å². The summed E-state index contributed by atoms with van der Waals surface area (Å²) in [5.74, 6) is 0.960. The van der Waals surface area contributed by atoms with Crippen LogP contribution in [0.4, 0.5) is 11.5 Å². The van der Waals surface area contributed by atoms with Crippen LogP contribution >= 0.6 is 11.6 Å². The molecule has 4 heteroatoms. The molecule has 1 N–H and O–H groups in total. The fraction of sp³-hybridized carbons (Fsp3) is 0.545. The molecule has 2 bridgehead atoms. The molecular formula is C11H14ClN3. The molecule has 2 aliphatic heterocycles. The lowest BCUT2D eigenvalue weighted by atomic mass is 10.0. The molecule has 15 heavy (non-hydrogen) atoms. The van der Waals surface area contributed by atoms with Crippen molar-refractivity contribution in [2.75, 3.05) is 23.3 Å². The first kappa shape index (κ1) is 9.28. The molecule has 0 amide bonds. The number of aryl methyl sites for hydroxylation is 1. The zero-order valence-corrected chi connectivity index (χ0v) is 9.51. The second kappa shape index (κ2) is 3.27. The third-order valence-corrected chi connectivity index (χ3v) is 3.62. The minimum atomic E-state index is 0.553. The largest absolute Gasteiger partial charge is 0.366 e. The minimum absolute atomic E-state index is 0.553. The van der Waals surface area contributed by atoms with E-state index in [1.54, 1.807) is 0 Å². The predicted octanol–water partition coefficient (Wildman–Crippen LogP) is 2.44. The number of hydrogen-bond acceptors (Lipinski definition) is 3. The van der Waals surface area contributed by atoms with Gasteiger partial charge in [0.15, 0.2) is 5.82 Å². The van der Waals surface area contributed by atoms with E-state index in [1.807, 2.05) is 6.92 Å². The molecule has 3 nitrogen and oxygen atoms in total. The van der Waals surface area contributed by atoms with Crippen molar-refractivity contribution < 1.29 is 0 Å². The molecule has 0 aromatic carbocycles. The molecule has 0 aliphatic carbocycles. The molecule has 3 rings (SSSR count). The van der Waals surface area contributed by atoms with Crippen molar-refractivity contribution in [2.24, 2.45) is 0 Å². The Labute approximate surface area is 94.4 Å². The number of hydrogen-bond donors (Lipinski definition) is 1. The van der Waals surface area contributed by atoms with Crippen LogP contribution in [0.15, 0.2) is 6.07 Å². The van der Waals surface area contributed by atoms with Gasteiger partial charge in [-0.15, -0.1) is 0 Å². The van der Waals surface area contributed by atoms with Gasteiger partial charge in [0.25, 0.3) is 0 Å². The maximum atomic E-state index is 6.03. The van der Waals surface area contributed by atoms with Crippen LogP contribution in [0.2, 0.25) is 5.15 Å². The van der Waals surface area contributed by atoms with Crippen LogP contribution in [0.1, 0.15) is 18.4 Å². The molecule has 1 unspecified atom stereocenters. The van der Waals surface area contributed by atoms with E-state index in [1.165, 1.54) is 18.5 Å². The Morgan fingerprint density at radius 1 is 1.60 bits per heavy atom. The smallest absolute Gasteiger partial charge is 0.151 e. The van der Waals surface area contributed by atoms with Crippen molar-refractivity contribution in [3.63, 3.8) is 0 Å². The van der Waals surface area contributed by atoms with Crippen LogP contribution in [0.5, 0.6) is 0 Å². The van der Waals surface area contributed by atoms with Gasteiger partial charge in [0.1, 0.15) is 5.15 Å². The van der Waals surface area contributed by atoms with E-state index in [4.69, 9.17) is 11.6 Å². The summed E-state index contributed by atoms with van der Waals surface area (Å²) in [7, 11) is 0. The summed E-state index contributed by atoms with van der Waals surface area (Å²) in [5, 5.41) is 4.07. The van der Waals surface area contributed by atoms with Crippen LogP contribution in [0.25, 0.3) is 0 Å². The van der Waals surface area contributed by atoms with Gasteiger partial charge in [0.05, 0.1) is 5.69 Å². The van der Waals surface area contributed by atoms with Crippen molar-refractivity contribution in [3.05, 3.63) is 16.8 Å². The van der Waals surface area contributed by atoms with E-state index in [2.05, 4.69) is 21.3 Å². The zero-order chi connectivity index (χ0) is 10.4. The highest BCUT2D eigenvalue weighted by molar-refractivity contribution is 6.30. The maximum Gasteiger partial charge on any atom is 0.151 e. The van der Waals surface area contributed by atoms with E-state index in [9.17, 15) is 0 Å². The van der Waals surface area contributed by atoms with E-state index < -0.39 is 0 Å². The first-order valence-electron chi connectivity index (χ1n) is 5.42. The molecule has 0 saturated carbocycles. The quantitative estimate of drug-likeness (QED) is 0.685. The monoisotopic (exact) mass is 223 g/mol. The Hall–Kier alpha value is -0.960. The highest BCUT2D eigenvalue weighted by Crippen LogP contribution is 2.35. The lowest BCUT2D eigenvalue weighted by molar-refractivity contribution is 0.515. The van der Waals surface area contributed by atoms with E-state index in [0.717, 1.165) is 24.5 Å². The van der Waals surface area contributed by atoms with Crippen LogP contribution < -0.4 is 10.2 Å². The predicted molar refractivity (Wildman–Crippen MR) is 62.8 cm³/mol. The standard InChI is InChI=1S/C11H14ClN3/c1-7-5-9-11(14-10(7)12)13-8-3-2-4-15(9)6-8/h5,8H,2-4,6H2,1H3,(H,13,14). The average molecular weight is 224 g/mol. The highest BCUT2D eigenvalue weighted by atomic mass is 35.5. The van der Waals surface area contributed by atoms with Crippen molar-refractivity contribution in [3.8, 4) is 0 Å². The molecule has 0 radical (unpaired) electrons. The second-order valence-corrected chi connectivity index (χ2v) is 4.75. The molecule has 1 saturated heterocycles. The first-order chi connectivity index (χ1) is 7.24. The average Bonchev–Trinajstić information content (AvgIpc) is 2.22. The minimum Gasteiger partial charge on any atom is -0.366 e. The Kier molecular flexibility index (Phi) is 2.02. The molecular weight excluding hydrogens is 210 g/mol. The molecule has 80 valence electrons. The Balaban J connectivity index is 2.09. The Morgan fingerprint density at radius 2 is 2.47 bits per heavy atom.